The van der Waals surface area contributed by atoms with Crippen molar-refractivity contribution < 1.29 is 4.79 Å². The van der Waals surface area contributed by atoms with E-state index in [2.05, 4.69) is 5.32 Å². The number of amides is 1. The molecule has 96 valence electrons. The van der Waals surface area contributed by atoms with Crippen LogP contribution in [0.4, 0.5) is 0 Å². The molecule has 3 heteroatoms. The Morgan fingerprint density at radius 1 is 1.33 bits per heavy atom. The lowest BCUT2D eigenvalue weighted by molar-refractivity contribution is 0.0642. The van der Waals surface area contributed by atoms with E-state index >= 15 is 0 Å². The minimum Gasteiger partial charge on any atom is -0.338 e. The molecule has 2 aliphatic rings. The number of aryl methyl sites for hydroxylation is 1. The Labute approximate surface area is 108 Å². The molecule has 0 saturated carbocycles. The Kier molecular flexibility index (Phi) is 3.08. The number of nitrogens with zero attached hydrogens (tertiary/aromatic N) is 1. The first-order valence-electron chi connectivity index (χ1n) is 6.80. The molecule has 18 heavy (non-hydrogen) atoms. The molecule has 1 aromatic carbocycles. The highest BCUT2D eigenvalue weighted by molar-refractivity contribution is 5.94. The van der Waals surface area contributed by atoms with Crippen LogP contribution in [0.1, 0.15) is 22.3 Å². The number of rotatable bonds is 1. The summed E-state index contributed by atoms with van der Waals surface area (Å²) in [6, 6.07) is 7.91. The van der Waals surface area contributed by atoms with Gasteiger partial charge in [0.15, 0.2) is 0 Å². The SMILES string of the molecule is Cc1cccc(C(=O)N2CCC3CNCC3C2)c1. The third kappa shape index (κ3) is 2.15. The smallest absolute Gasteiger partial charge is 0.253 e. The molecule has 1 amide bonds. The molecule has 0 aromatic heterocycles. The monoisotopic (exact) mass is 244 g/mol. The molecule has 1 aromatic rings. The van der Waals surface area contributed by atoms with Gasteiger partial charge in [-0.1, -0.05) is 17.7 Å². The van der Waals surface area contributed by atoms with E-state index in [9.17, 15) is 4.79 Å². The molecule has 0 spiro atoms. The van der Waals surface area contributed by atoms with Gasteiger partial charge in [-0.3, -0.25) is 4.79 Å². The predicted molar refractivity (Wildman–Crippen MR) is 71.5 cm³/mol. The van der Waals surface area contributed by atoms with E-state index in [1.165, 1.54) is 0 Å². The molecule has 0 radical (unpaired) electrons. The summed E-state index contributed by atoms with van der Waals surface area (Å²) in [6.07, 6.45) is 1.15. The van der Waals surface area contributed by atoms with Crippen molar-refractivity contribution in [2.75, 3.05) is 26.2 Å². The van der Waals surface area contributed by atoms with Gasteiger partial charge in [-0.05, 0) is 50.4 Å². The first-order valence-corrected chi connectivity index (χ1v) is 6.80. The fourth-order valence-electron chi connectivity index (χ4n) is 3.18. The lowest BCUT2D eigenvalue weighted by atomic mass is 9.88. The van der Waals surface area contributed by atoms with Crippen LogP contribution in [0.2, 0.25) is 0 Å². The molecule has 0 aliphatic carbocycles. The van der Waals surface area contributed by atoms with Gasteiger partial charge in [0, 0.05) is 18.7 Å². The minimum atomic E-state index is 0.198. The lowest BCUT2D eigenvalue weighted by Gasteiger charge is -2.34. The van der Waals surface area contributed by atoms with Gasteiger partial charge < -0.3 is 10.2 Å². The average molecular weight is 244 g/mol. The predicted octanol–water partition coefficient (Wildman–Crippen LogP) is 1.68. The Morgan fingerprint density at radius 3 is 3.00 bits per heavy atom. The standard InChI is InChI=1S/C15H20N2O/c1-11-3-2-4-12(7-11)15(18)17-6-5-13-8-16-9-14(13)10-17/h2-4,7,13-14,16H,5-6,8-10H2,1H3. The molecule has 2 aliphatic heterocycles. The van der Waals surface area contributed by atoms with Crippen LogP contribution in [0.3, 0.4) is 0 Å². The van der Waals surface area contributed by atoms with Gasteiger partial charge in [0.05, 0.1) is 0 Å². The maximum atomic E-state index is 12.4. The molecule has 2 saturated heterocycles. The molecule has 2 unspecified atom stereocenters. The van der Waals surface area contributed by atoms with Crippen molar-refractivity contribution in [2.24, 2.45) is 11.8 Å². The normalized spacial score (nSPS) is 27.1. The topological polar surface area (TPSA) is 32.3 Å². The van der Waals surface area contributed by atoms with E-state index in [4.69, 9.17) is 0 Å². The molecule has 0 bridgehead atoms. The Morgan fingerprint density at radius 2 is 2.17 bits per heavy atom. The van der Waals surface area contributed by atoms with Crippen LogP contribution < -0.4 is 5.32 Å². The van der Waals surface area contributed by atoms with Crippen LogP contribution in [-0.2, 0) is 0 Å². The number of hydrogen-bond donors (Lipinski definition) is 1. The lowest BCUT2D eigenvalue weighted by Crippen LogP contribution is -2.43. The van der Waals surface area contributed by atoms with Gasteiger partial charge in [0.2, 0.25) is 0 Å². The van der Waals surface area contributed by atoms with Crippen molar-refractivity contribution in [1.29, 1.82) is 0 Å². The van der Waals surface area contributed by atoms with E-state index in [1.807, 2.05) is 36.1 Å². The number of carbonyl (C=O) groups is 1. The third-order valence-corrected chi connectivity index (χ3v) is 4.26. The summed E-state index contributed by atoms with van der Waals surface area (Å²) in [5.74, 6) is 1.64. The van der Waals surface area contributed by atoms with E-state index in [1.54, 1.807) is 0 Å². The summed E-state index contributed by atoms with van der Waals surface area (Å²) in [5, 5.41) is 3.43. The summed E-state index contributed by atoms with van der Waals surface area (Å²) in [7, 11) is 0. The number of hydrogen-bond acceptors (Lipinski definition) is 2. The van der Waals surface area contributed by atoms with Crippen LogP contribution in [0, 0.1) is 18.8 Å². The summed E-state index contributed by atoms with van der Waals surface area (Å²) < 4.78 is 0. The van der Waals surface area contributed by atoms with Crippen molar-refractivity contribution in [1.82, 2.24) is 10.2 Å². The highest BCUT2D eigenvalue weighted by Gasteiger charge is 2.34. The summed E-state index contributed by atoms with van der Waals surface area (Å²) in [6.45, 7) is 6.07. The van der Waals surface area contributed by atoms with Gasteiger partial charge in [-0.2, -0.15) is 0 Å². The minimum absolute atomic E-state index is 0.198. The van der Waals surface area contributed by atoms with Gasteiger partial charge in [-0.15, -0.1) is 0 Å². The molecule has 3 nitrogen and oxygen atoms in total. The van der Waals surface area contributed by atoms with E-state index in [0.717, 1.165) is 49.6 Å². The molecule has 2 fully saturated rings. The summed E-state index contributed by atoms with van der Waals surface area (Å²) >= 11 is 0. The van der Waals surface area contributed by atoms with Crippen LogP contribution in [0.25, 0.3) is 0 Å². The number of fused-ring (bicyclic) bond motifs is 1. The van der Waals surface area contributed by atoms with Gasteiger partial charge in [-0.25, -0.2) is 0 Å². The highest BCUT2D eigenvalue weighted by Crippen LogP contribution is 2.27. The van der Waals surface area contributed by atoms with Crippen molar-refractivity contribution in [3.8, 4) is 0 Å². The van der Waals surface area contributed by atoms with E-state index in [0.29, 0.717) is 5.92 Å². The number of carbonyl (C=O) groups excluding carboxylic acids is 1. The molecule has 3 rings (SSSR count). The maximum Gasteiger partial charge on any atom is 0.253 e. The zero-order valence-corrected chi connectivity index (χ0v) is 10.9. The molecular weight excluding hydrogens is 224 g/mol. The highest BCUT2D eigenvalue weighted by atomic mass is 16.2. The summed E-state index contributed by atoms with van der Waals surface area (Å²) in [5.41, 5.74) is 1.98. The average Bonchev–Trinajstić information content (AvgIpc) is 2.85. The molecule has 2 atom stereocenters. The maximum absolute atomic E-state index is 12.4. The zero-order chi connectivity index (χ0) is 12.5. The first kappa shape index (κ1) is 11.7. The van der Waals surface area contributed by atoms with Crippen molar-refractivity contribution >= 4 is 5.91 Å². The van der Waals surface area contributed by atoms with Crippen LogP contribution in [0.5, 0.6) is 0 Å². The first-order chi connectivity index (χ1) is 8.74. The van der Waals surface area contributed by atoms with Crippen molar-refractivity contribution in [3.05, 3.63) is 35.4 Å². The van der Waals surface area contributed by atoms with Gasteiger partial charge >= 0.3 is 0 Å². The van der Waals surface area contributed by atoms with Gasteiger partial charge in [0.25, 0.3) is 5.91 Å². The van der Waals surface area contributed by atoms with Crippen LogP contribution in [0.15, 0.2) is 24.3 Å². The number of piperidine rings is 1. The second kappa shape index (κ2) is 4.73. The Balaban J connectivity index is 1.73. The molecular formula is C15H20N2O. The Bertz CT molecular complexity index is 458. The van der Waals surface area contributed by atoms with E-state index < -0.39 is 0 Å². The Hall–Kier alpha value is -1.35. The second-order valence-corrected chi connectivity index (χ2v) is 5.59. The zero-order valence-electron chi connectivity index (χ0n) is 10.9. The van der Waals surface area contributed by atoms with Crippen LogP contribution >= 0.6 is 0 Å². The number of benzene rings is 1. The van der Waals surface area contributed by atoms with E-state index in [-0.39, 0.29) is 5.91 Å². The fraction of sp³-hybridized carbons (Fsp3) is 0.533. The molecule has 1 N–H and O–H groups in total. The molecule has 2 heterocycles. The number of likely N-dealkylation sites (tertiary alicyclic amines) is 1. The summed E-state index contributed by atoms with van der Waals surface area (Å²) in [4.78, 5) is 14.5. The third-order valence-electron chi connectivity index (χ3n) is 4.26. The largest absolute Gasteiger partial charge is 0.338 e. The van der Waals surface area contributed by atoms with Gasteiger partial charge in [0.1, 0.15) is 0 Å². The fourth-order valence-corrected chi connectivity index (χ4v) is 3.18. The van der Waals surface area contributed by atoms with Crippen molar-refractivity contribution in [2.45, 2.75) is 13.3 Å². The quantitative estimate of drug-likeness (QED) is 0.815. The second-order valence-electron chi connectivity index (χ2n) is 5.59. The van der Waals surface area contributed by atoms with Crippen LogP contribution in [-0.4, -0.2) is 37.0 Å². The van der Waals surface area contributed by atoms with Crippen molar-refractivity contribution in [3.63, 3.8) is 0 Å². The number of nitrogens with one attached hydrogen (secondary N) is 1.